The van der Waals surface area contributed by atoms with Crippen LogP contribution in [0.3, 0.4) is 0 Å². The Labute approximate surface area is 141 Å². The molecule has 1 unspecified atom stereocenters. The predicted molar refractivity (Wildman–Crippen MR) is 93.3 cm³/mol. The Morgan fingerprint density at radius 2 is 2.23 bits per heavy atom. The van der Waals surface area contributed by atoms with Gasteiger partial charge in [0.25, 0.3) is 0 Å². The maximum Gasteiger partial charge on any atom is 0.225 e. The van der Waals surface area contributed by atoms with Gasteiger partial charge in [-0.3, -0.25) is 9.59 Å². The van der Waals surface area contributed by atoms with Crippen LogP contribution in [-0.2, 0) is 11.2 Å². The van der Waals surface area contributed by atoms with E-state index in [1.165, 1.54) is 0 Å². The summed E-state index contributed by atoms with van der Waals surface area (Å²) in [5.74, 6) is 2.30. The second-order valence-corrected chi connectivity index (χ2v) is 6.78. The summed E-state index contributed by atoms with van der Waals surface area (Å²) in [7, 11) is 0. The van der Waals surface area contributed by atoms with E-state index in [1.54, 1.807) is 0 Å². The lowest BCUT2D eigenvalue weighted by Crippen LogP contribution is -2.39. The first-order valence-corrected chi connectivity index (χ1v) is 8.65. The summed E-state index contributed by atoms with van der Waals surface area (Å²) in [6, 6.07) is 5.95. The van der Waals surface area contributed by atoms with Crippen LogP contribution in [0, 0.1) is 0 Å². The number of hydrogen-bond acceptors (Lipinski definition) is 4. The van der Waals surface area contributed by atoms with Crippen molar-refractivity contribution < 1.29 is 9.59 Å². The Morgan fingerprint density at radius 1 is 1.36 bits per heavy atom. The summed E-state index contributed by atoms with van der Waals surface area (Å²) in [6.45, 7) is 0.968. The number of amides is 1. The van der Waals surface area contributed by atoms with Gasteiger partial charge in [0.1, 0.15) is 0 Å². The number of carbonyl (C=O) groups excluding carboxylic acids is 2. The first-order chi connectivity index (χ1) is 10.2. The fourth-order valence-electron chi connectivity index (χ4n) is 2.89. The number of ketones is 1. The first kappa shape index (κ1) is 17.3. The van der Waals surface area contributed by atoms with Crippen molar-refractivity contribution in [3.05, 3.63) is 29.3 Å². The highest BCUT2D eigenvalue weighted by molar-refractivity contribution is 7.99. The van der Waals surface area contributed by atoms with E-state index in [0.717, 1.165) is 47.7 Å². The van der Waals surface area contributed by atoms with Gasteiger partial charge >= 0.3 is 0 Å². The Hall–Kier alpha value is -1.04. The number of benzene rings is 1. The van der Waals surface area contributed by atoms with E-state index in [-0.39, 0.29) is 30.1 Å². The smallest absolute Gasteiger partial charge is 0.225 e. The highest BCUT2D eigenvalue weighted by Crippen LogP contribution is 2.24. The van der Waals surface area contributed by atoms with Crippen molar-refractivity contribution in [1.29, 1.82) is 0 Å². The van der Waals surface area contributed by atoms with E-state index >= 15 is 0 Å². The van der Waals surface area contributed by atoms with Crippen LogP contribution in [0.1, 0.15) is 35.2 Å². The molecule has 2 aliphatic rings. The molecule has 0 spiro atoms. The second-order valence-electron chi connectivity index (χ2n) is 5.63. The maximum atomic E-state index is 12.1. The third-order valence-electron chi connectivity index (χ3n) is 3.97. The molecule has 0 saturated carbocycles. The lowest BCUT2D eigenvalue weighted by atomic mass is 9.90. The van der Waals surface area contributed by atoms with Crippen molar-refractivity contribution in [3.8, 4) is 0 Å². The van der Waals surface area contributed by atoms with Gasteiger partial charge in [-0.2, -0.15) is 11.8 Å². The van der Waals surface area contributed by atoms with E-state index in [9.17, 15) is 9.59 Å². The number of hydrogen-bond donors (Lipinski definition) is 2. The van der Waals surface area contributed by atoms with Gasteiger partial charge in [0, 0.05) is 48.2 Å². The molecule has 120 valence electrons. The number of fused-ring (bicyclic) bond motifs is 1. The Bertz CT molecular complexity index is 559. The quantitative estimate of drug-likeness (QED) is 0.888. The molecular formula is C16H21ClN2O2S. The van der Waals surface area contributed by atoms with Crippen molar-refractivity contribution >= 4 is 41.5 Å². The molecule has 1 fully saturated rings. The van der Waals surface area contributed by atoms with Crippen molar-refractivity contribution in [3.63, 3.8) is 0 Å². The molecule has 0 radical (unpaired) electrons. The van der Waals surface area contributed by atoms with Crippen LogP contribution in [0.25, 0.3) is 0 Å². The zero-order chi connectivity index (χ0) is 14.7. The fraction of sp³-hybridized carbons (Fsp3) is 0.500. The minimum atomic E-state index is 0. The van der Waals surface area contributed by atoms with Gasteiger partial charge in [0.05, 0.1) is 0 Å². The topological polar surface area (TPSA) is 58.2 Å². The van der Waals surface area contributed by atoms with E-state index < -0.39 is 0 Å². The first-order valence-electron chi connectivity index (χ1n) is 7.49. The molecule has 1 aromatic carbocycles. The number of aryl methyl sites for hydroxylation is 1. The maximum absolute atomic E-state index is 12.1. The SMILES string of the molecule is Cl.O=C(CC1CSCCN1)Nc1ccc2c(c1)C(=O)CCC2. The standard InChI is InChI=1S/C16H20N2O2S.ClH/c19-15-3-1-2-11-4-5-12(8-14(11)15)18-16(20)9-13-10-21-7-6-17-13;/h4-5,8,13,17H,1-3,6-7,9-10H2,(H,18,20);1H. The zero-order valence-corrected chi connectivity index (χ0v) is 14.0. The van der Waals surface area contributed by atoms with Crippen LogP contribution in [0.2, 0.25) is 0 Å². The molecule has 1 atom stereocenters. The fourth-order valence-corrected chi connectivity index (χ4v) is 3.84. The Morgan fingerprint density at radius 3 is 3.00 bits per heavy atom. The molecule has 1 saturated heterocycles. The molecule has 0 bridgehead atoms. The number of nitrogens with one attached hydrogen (secondary N) is 2. The number of carbonyl (C=O) groups is 2. The Balaban J connectivity index is 0.00000176. The van der Waals surface area contributed by atoms with Crippen LogP contribution in [0.4, 0.5) is 5.69 Å². The molecule has 1 aliphatic heterocycles. The van der Waals surface area contributed by atoms with Gasteiger partial charge in [0.2, 0.25) is 5.91 Å². The van der Waals surface area contributed by atoms with Crippen LogP contribution >= 0.6 is 24.2 Å². The number of halogens is 1. The number of rotatable bonds is 3. The summed E-state index contributed by atoms with van der Waals surface area (Å²) < 4.78 is 0. The number of anilines is 1. The molecule has 1 heterocycles. The lowest BCUT2D eigenvalue weighted by Gasteiger charge is -2.22. The lowest BCUT2D eigenvalue weighted by molar-refractivity contribution is -0.116. The molecule has 0 aromatic heterocycles. The van der Waals surface area contributed by atoms with Gasteiger partial charge in [-0.25, -0.2) is 0 Å². The summed E-state index contributed by atoms with van der Waals surface area (Å²) in [5, 5.41) is 6.28. The van der Waals surface area contributed by atoms with Crippen molar-refractivity contribution in [2.45, 2.75) is 31.7 Å². The highest BCUT2D eigenvalue weighted by Gasteiger charge is 2.19. The normalized spacial score (nSPS) is 20.7. The van der Waals surface area contributed by atoms with E-state index in [0.29, 0.717) is 12.8 Å². The van der Waals surface area contributed by atoms with Gasteiger partial charge in [0.15, 0.2) is 5.78 Å². The molecule has 1 aliphatic carbocycles. The van der Waals surface area contributed by atoms with Crippen LogP contribution in [0.5, 0.6) is 0 Å². The van der Waals surface area contributed by atoms with Crippen molar-refractivity contribution in [2.75, 3.05) is 23.4 Å². The van der Waals surface area contributed by atoms with Gasteiger partial charge < -0.3 is 10.6 Å². The van der Waals surface area contributed by atoms with Gasteiger partial charge in [-0.1, -0.05) is 6.07 Å². The minimum absolute atomic E-state index is 0. The average molecular weight is 341 g/mol. The highest BCUT2D eigenvalue weighted by atomic mass is 35.5. The molecule has 3 rings (SSSR count). The third-order valence-corrected chi connectivity index (χ3v) is 5.11. The molecule has 2 N–H and O–H groups in total. The third kappa shape index (κ3) is 4.24. The molecule has 6 heteroatoms. The molecule has 1 aromatic rings. The average Bonchev–Trinajstić information content (AvgIpc) is 2.49. The van der Waals surface area contributed by atoms with Gasteiger partial charge in [-0.15, -0.1) is 12.4 Å². The Kier molecular flexibility index (Phi) is 6.29. The van der Waals surface area contributed by atoms with Crippen LogP contribution in [-0.4, -0.2) is 35.8 Å². The summed E-state index contributed by atoms with van der Waals surface area (Å²) in [5.41, 5.74) is 2.62. The second kappa shape index (κ2) is 7.99. The molecule has 22 heavy (non-hydrogen) atoms. The van der Waals surface area contributed by atoms with Crippen molar-refractivity contribution in [1.82, 2.24) is 5.32 Å². The van der Waals surface area contributed by atoms with E-state index in [4.69, 9.17) is 0 Å². The largest absolute Gasteiger partial charge is 0.326 e. The summed E-state index contributed by atoms with van der Waals surface area (Å²) in [4.78, 5) is 24.0. The van der Waals surface area contributed by atoms with E-state index in [2.05, 4.69) is 10.6 Å². The summed E-state index contributed by atoms with van der Waals surface area (Å²) >= 11 is 1.88. The monoisotopic (exact) mass is 340 g/mol. The number of thioether (sulfide) groups is 1. The van der Waals surface area contributed by atoms with Gasteiger partial charge in [-0.05, 0) is 30.5 Å². The van der Waals surface area contributed by atoms with Crippen molar-refractivity contribution in [2.24, 2.45) is 0 Å². The van der Waals surface area contributed by atoms with Crippen LogP contribution < -0.4 is 10.6 Å². The zero-order valence-electron chi connectivity index (χ0n) is 12.4. The number of Topliss-reactive ketones (excluding diaryl/α,β-unsaturated/α-hetero) is 1. The van der Waals surface area contributed by atoms with E-state index in [1.807, 2.05) is 30.0 Å². The minimum Gasteiger partial charge on any atom is -0.326 e. The summed E-state index contributed by atoms with van der Waals surface area (Å²) in [6.07, 6.45) is 2.99. The predicted octanol–water partition coefficient (Wildman–Crippen LogP) is 2.66. The molecule has 1 amide bonds. The molecule has 4 nitrogen and oxygen atoms in total. The molecular weight excluding hydrogens is 320 g/mol. The van der Waals surface area contributed by atoms with Crippen LogP contribution in [0.15, 0.2) is 18.2 Å².